The molecular weight excluding hydrogens is 541 g/mol. The summed E-state index contributed by atoms with van der Waals surface area (Å²) in [5, 5.41) is 17.2. The predicted molar refractivity (Wildman–Crippen MR) is 130 cm³/mol. The van der Waals surface area contributed by atoms with Crippen molar-refractivity contribution in [1.29, 1.82) is 0 Å². The molecule has 2 aromatic rings. The van der Waals surface area contributed by atoms with Gasteiger partial charge >= 0.3 is 0 Å². The van der Waals surface area contributed by atoms with Crippen LogP contribution < -0.4 is 10.1 Å². The van der Waals surface area contributed by atoms with E-state index in [9.17, 15) is 10.0 Å². The van der Waals surface area contributed by atoms with E-state index >= 15 is 0 Å². The van der Waals surface area contributed by atoms with Crippen LogP contribution in [0, 0.1) is 0 Å². The van der Waals surface area contributed by atoms with Crippen LogP contribution in [-0.2, 0) is 0 Å². The standard InChI is InChI=1S/C22H21BrCl3N3O3/c23-14-11-19-13(10-17(14)26)18(28-31)12-22(32-19)4-7-29(8-5-22)9-6-27-21(30)20-15(24)2-1-3-16(20)25/h1-3,10-11,31H,4-9,12H2,(H,27,30)/b28-18-. The van der Waals surface area contributed by atoms with Crippen molar-refractivity contribution in [2.45, 2.75) is 24.9 Å². The Morgan fingerprint density at radius 1 is 1.19 bits per heavy atom. The maximum atomic E-state index is 12.4. The topological polar surface area (TPSA) is 74.2 Å². The fraction of sp³-hybridized carbons (Fsp3) is 0.364. The van der Waals surface area contributed by atoms with Crippen LogP contribution in [0.15, 0.2) is 40.0 Å². The van der Waals surface area contributed by atoms with E-state index in [2.05, 4.69) is 31.3 Å². The quantitative estimate of drug-likeness (QED) is 0.375. The highest BCUT2D eigenvalue weighted by atomic mass is 79.9. The molecule has 1 spiro atoms. The van der Waals surface area contributed by atoms with Crippen molar-refractivity contribution >= 4 is 62.4 Å². The lowest BCUT2D eigenvalue weighted by atomic mass is 9.82. The Morgan fingerprint density at radius 3 is 2.53 bits per heavy atom. The number of rotatable bonds is 4. The Labute approximate surface area is 209 Å². The van der Waals surface area contributed by atoms with Gasteiger partial charge in [-0.15, -0.1) is 0 Å². The largest absolute Gasteiger partial charge is 0.486 e. The molecule has 2 aliphatic rings. The second kappa shape index (κ2) is 9.77. The van der Waals surface area contributed by atoms with Gasteiger partial charge in [-0.3, -0.25) is 4.79 Å². The molecule has 0 bridgehead atoms. The van der Waals surface area contributed by atoms with Gasteiger partial charge < -0.3 is 20.2 Å². The molecule has 1 saturated heterocycles. The van der Waals surface area contributed by atoms with Crippen LogP contribution in [0.5, 0.6) is 5.75 Å². The second-order valence-electron chi connectivity index (χ2n) is 7.97. The van der Waals surface area contributed by atoms with Gasteiger partial charge in [0, 0.05) is 55.5 Å². The van der Waals surface area contributed by atoms with Gasteiger partial charge in [0.05, 0.1) is 26.3 Å². The number of amides is 1. The molecular formula is C22H21BrCl3N3O3. The van der Waals surface area contributed by atoms with E-state index in [1.165, 1.54) is 0 Å². The number of ether oxygens (including phenoxy) is 1. The third-order valence-electron chi connectivity index (χ3n) is 5.94. The molecule has 0 unspecified atom stereocenters. The van der Waals surface area contributed by atoms with E-state index in [1.807, 2.05) is 6.07 Å². The molecule has 32 heavy (non-hydrogen) atoms. The normalized spacial score (nSPS) is 18.9. The molecule has 10 heteroatoms. The molecule has 0 saturated carbocycles. The number of hydrogen-bond donors (Lipinski definition) is 2. The Kier molecular flexibility index (Phi) is 7.22. The summed E-state index contributed by atoms with van der Waals surface area (Å²) in [7, 11) is 0. The minimum absolute atomic E-state index is 0.283. The van der Waals surface area contributed by atoms with Gasteiger partial charge in [-0.05, 0) is 40.2 Å². The first-order chi connectivity index (χ1) is 15.3. The van der Waals surface area contributed by atoms with Crippen LogP contribution >= 0.6 is 50.7 Å². The smallest absolute Gasteiger partial charge is 0.254 e. The highest BCUT2D eigenvalue weighted by Gasteiger charge is 2.42. The van der Waals surface area contributed by atoms with Crippen LogP contribution in [-0.4, -0.2) is 53.5 Å². The molecule has 2 aromatic carbocycles. The number of carbonyl (C=O) groups is 1. The van der Waals surface area contributed by atoms with Crippen molar-refractivity contribution < 1.29 is 14.7 Å². The zero-order valence-electron chi connectivity index (χ0n) is 17.0. The molecule has 0 radical (unpaired) electrons. The number of benzene rings is 2. The maximum Gasteiger partial charge on any atom is 0.254 e. The van der Waals surface area contributed by atoms with E-state index in [-0.39, 0.29) is 5.91 Å². The number of fused-ring (bicyclic) bond motifs is 1. The lowest BCUT2D eigenvalue weighted by molar-refractivity contribution is 0.00286. The van der Waals surface area contributed by atoms with Crippen LogP contribution in [0.3, 0.4) is 0 Å². The van der Waals surface area contributed by atoms with Crippen LogP contribution in [0.2, 0.25) is 15.1 Å². The Bertz CT molecular complexity index is 1050. The van der Waals surface area contributed by atoms with E-state index in [1.54, 1.807) is 24.3 Å². The molecule has 4 rings (SSSR count). The molecule has 2 aliphatic heterocycles. The predicted octanol–water partition coefficient (Wildman–Crippen LogP) is 5.63. The SMILES string of the molecule is O=C(NCCN1CCC2(CC1)C/C(=N/O)c1cc(Cl)c(Br)cc1O2)c1c(Cl)cccc1Cl. The van der Waals surface area contributed by atoms with Crippen molar-refractivity contribution in [3.8, 4) is 5.75 Å². The molecule has 0 aromatic heterocycles. The fourth-order valence-electron chi connectivity index (χ4n) is 4.19. The number of carbonyl (C=O) groups excluding carboxylic acids is 1. The molecule has 0 atom stereocenters. The number of nitrogens with one attached hydrogen (secondary N) is 1. The number of piperidine rings is 1. The summed E-state index contributed by atoms with van der Waals surface area (Å²) in [6.07, 6.45) is 2.07. The summed E-state index contributed by atoms with van der Waals surface area (Å²) in [5.74, 6) is 0.381. The number of oxime groups is 1. The third kappa shape index (κ3) is 4.87. The van der Waals surface area contributed by atoms with Crippen molar-refractivity contribution in [2.75, 3.05) is 26.2 Å². The van der Waals surface area contributed by atoms with E-state index in [0.717, 1.165) is 36.0 Å². The van der Waals surface area contributed by atoms with Gasteiger partial charge in [0.2, 0.25) is 0 Å². The molecule has 170 valence electrons. The van der Waals surface area contributed by atoms with Crippen LogP contribution in [0.4, 0.5) is 0 Å². The summed E-state index contributed by atoms with van der Waals surface area (Å²) in [6, 6.07) is 8.57. The minimum Gasteiger partial charge on any atom is -0.486 e. The summed E-state index contributed by atoms with van der Waals surface area (Å²) < 4.78 is 7.13. The van der Waals surface area contributed by atoms with Gasteiger partial charge in [0.25, 0.3) is 5.91 Å². The number of hydrogen-bond acceptors (Lipinski definition) is 5. The molecule has 1 amide bonds. The Hall–Kier alpha value is -1.51. The highest BCUT2D eigenvalue weighted by molar-refractivity contribution is 9.10. The van der Waals surface area contributed by atoms with Gasteiger partial charge in [-0.2, -0.15) is 0 Å². The van der Waals surface area contributed by atoms with E-state index in [4.69, 9.17) is 39.5 Å². The zero-order valence-corrected chi connectivity index (χ0v) is 20.9. The van der Waals surface area contributed by atoms with Gasteiger partial charge in [0.1, 0.15) is 11.4 Å². The lowest BCUT2D eigenvalue weighted by Gasteiger charge is -2.44. The van der Waals surface area contributed by atoms with E-state index in [0.29, 0.717) is 51.6 Å². The second-order valence-corrected chi connectivity index (χ2v) is 10.0. The first-order valence-corrected chi connectivity index (χ1v) is 12.1. The van der Waals surface area contributed by atoms with Crippen molar-refractivity contribution in [1.82, 2.24) is 10.2 Å². The van der Waals surface area contributed by atoms with Gasteiger partial charge in [-0.1, -0.05) is 46.0 Å². The van der Waals surface area contributed by atoms with Crippen LogP contribution in [0.1, 0.15) is 35.2 Å². The van der Waals surface area contributed by atoms with Crippen LogP contribution in [0.25, 0.3) is 0 Å². The lowest BCUT2D eigenvalue weighted by Crippen LogP contribution is -2.52. The molecule has 2 heterocycles. The molecule has 0 aliphatic carbocycles. The number of nitrogens with zero attached hydrogens (tertiary/aromatic N) is 2. The average molecular weight is 562 g/mol. The Balaban J connectivity index is 1.34. The summed E-state index contributed by atoms with van der Waals surface area (Å²) in [5.41, 5.74) is 1.17. The zero-order chi connectivity index (χ0) is 22.9. The average Bonchev–Trinajstić information content (AvgIpc) is 2.76. The van der Waals surface area contributed by atoms with Crippen molar-refractivity contribution in [3.05, 3.63) is 61.0 Å². The summed E-state index contributed by atoms with van der Waals surface area (Å²) in [6.45, 7) is 2.77. The first-order valence-electron chi connectivity index (χ1n) is 10.2. The molecule has 1 fully saturated rings. The molecule has 6 nitrogen and oxygen atoms in total. The fourth-order valence-corrected chi connectivity index (χ4v) is 5.25. The third-order valence-corrected chi connectivity index (χ3v) is 7.77. The highest BCUT2D eigenvalue weighted by Crippen LogP contribution is 2.42. The maximum absolute atomic E-state index is 12.4. The number of likely N-dealkylation sites (tertiary alicyclic amines) is 1. The Morgan fingerprint density at radius 2 is 1.88 bits per heavy atom. The van der Waals surface area contributed by atoms with Gasteiger partial charge in [0.15, 0.2) is 0 Å². The van der Waals surface area contributed by atoms with E-state index < -0.39 is 5.60 Å². The first kappa shape index (κ1) is 23.6. The minimum atomic E-state index is -0.424. The van der Waals surface area contributed by atoms with Crippen molar-refractivity contribution in [2.24, 2.45) is 5.16 Å². The van der Waals surface area contributed by atoms with Crippen molar-refractivity contribution in [3.63, 3.8) is 0 Å². The summed E-state index contributed by atoms with van der Waals surface area (Å²) >= 11 is 21.8. The number of halogens is 4. The van der Waals surface area contributed by atoms with Gasteiger partial charge in [-0.25, -0.2) is 0 Å². The molecule has 2 N–H and O–H groups in total. The summed E-state index contributed by atoms with van der Waals surface area (Å²) in [4.78, 5) is 14.7. The monoisotopic (exact) mass is 559 g/mol.